The van der Waals surface area contributed by atoms with Gasteiger partial charge in [-0.1, -0.05) is 155 Å². The Morgan fingerprint density at radius 1 is 0.248 bits per heavy atom. The van der Waals surface area contributed by atoms with Crippen LogP contribution in [0, 0.1) is 0 Å². The highest BCUT2D eigenvalue weighted by Gasteiger charge is 2.22. The van der Waals surface area contributed by atoms with E-state index in [2.05, 4.69) is 253 Å². The quantitative estimate of drug-likeness (QED) is 0.0672. The van der Waals surface area contributed by atoms with Crippen LogP contribution in [-0.4, -0.2) is 137 Å². The molecular formula is C108H119Cl4N25. The number of nitrogens with zero attached hydrogens (tertiary/aromatic N) is 22. The van der Waals surface area contributed by atoms with E-state index >= 15 is 0 Å². The Labute approximate surface area is 824 Å². The van der Waals surface area contributed by atoms with Gasteiger partial charge in [-0.3, -0.25) is 43.9 Å². The lowest BCUT2D eigenvalue weighted by molar-refractivity contribution is 0.312. The van der Waals surface area contributed by atoms with Crippen molar-refractivity contribution in [3.63, 3.8) is 0 Å². The number of anilines is 4. The van der Waals surface area contributed by atoms with Crippen molar-refractivity contribution in [2.75, 3.05) is 55.3 Å². The molecule has 1 aliphatic rings. The van der Waals surface area contributed by atoms with Crippen LogP contribution < -0.4 is 22.1 Å². The smallest absolute Gasteiger partial charge is 0.136 e. The van der Waals surface area contributed by atoms with Crippen molar-refractivity contribution in [1.29, 1.82) is 0 Å². The summed E-state index contributed by atoms with van der Waals surface area (Å²) in [6.45, 7) is 34.3. The van der Waals surface area contributed by atoms with Crippen molar-refractivity contribution in [3.05, 3.63) is 329 Å². The van der Waals surface area contributed by atoms with Gasteiger partial charge in [0.05, 0.1) is 35.7 Å². The van der Waals surface area contributed by atoms with Crippen molar-refractivity contribution < 1.29 is 0 Å². The number of aryl methyl sites for hydroxylation is 3. The van der Waals surface area contributed by atoms with Crippen molar-refractivity contribution in [2.45, 2.75) is 138 Å². The van der Waals surface area contributed by atoms with Crippen molar-refractivity contribution in [1.82, 2.24) is 104 Å². The molecule has 1 fully saturated rings. The van der Waals surface area contributed by atoms with E-state index in [-0.39, 0.29) is 0 Å². The molecule has 18 heterocycles. The minimum Gasteiger partial charge on any atom is -0.384 e. The van der Waals surface area contributed by atoms with Crippen LogP contribution in [0.2, 0.25) is 20.6 Å². The summed E-state index contributed by atoms with van der Waals surface area (Å²) < 4.78 is 5.36. The summed E-state index contributed by atoms with van der Waals surface area (Å²) in [7, 11) is 7.88. The highest BCUT2D eigenvalue weighted by atomic mass is 35.5. The molecule has 0 radical (unpaired) electrons. The zero-order valence-corrected chi connectivity index (χ0v) is 83.9. The number of piperazine rings is 1. The molecular weight excluding hydrogens is 1790 g/mol. The second-order valence-corrected chi connectivity index (χ2v) is 37.0. The minimum atomic E-state index is 0.390. The van der Waals surface area contributed by atoms with Gasteiger partial charge < -0.3 is 27.0 Å². The normalized spacial score (nSPS) is 11.8. The fraction of sp³-hybridized carbons (Fsp3) is 0.269. The van der Waals surface area contributed by atoms with Gasteiger partial charge in [-0.25, -0.2) is 39.9 Å². The topological polar surface area (TPSA) is 318 Å². The Kier molecular flexibility index (Phi) is 36.1. The highest BCUT2D eigenvalue weighted by Crippen LogP contribution is 2.39. The number of aromatic nitrogens is 20. The van der Waals surface area contributed by atoms with Gasteiger partial charge in [0.15, 0.2) is 0 Å². The molecule has 0 saturated carbocycles. The zero-order chi connectivity index (χ0) is 98.1. The molecule has 0 bridgehead atoms. The van der Waals surface area contributed by atoms with Gasteiger partial charge in [0.2, 0.25) is 0 Å². The summed E-state index contributed by atoms with van der Waals surface area (Å²) in [4.78, 5) is 65.2. The summed E-state index contributed by atoms with van der Waals surface area (Å²) in [5.74, 6) is 5.52. The standard InChI is InChI=1S/C18H23ClN4.C18H19N5.C18H17N3.C16H19N5.C13H14ClN3.C13H13ClN2.C12H14ClN3/c1-13(2)15-10-16(18(19)21-12-15)14-4-5-17(20-11-14)23-8-6-22(3)7-9-23;1-11(2)14-7-15(12-3-5-16(19)21-8-12)18(23-10-14)13-4-6-17(20)22-9-13;1-13(2)16-9-17(14-5-3-7-19-10-14)18(21-12-16)15-6-4-8-20-11-15;1-11(2)12-5-15(13-7-18-20(3)9-13)16(17-6-12)14-8-19-21(4)10-14;1-8(2)10-5-11(13(14)17-7-10)9-3-4-12(15)16-6-9;1-9(2)11-6-12(13(14)16-8-11)10-4-3-5-15-7-10;1-8(2)9-4-11(12(13)14-5-9)10-6-15-16(3)7-10/h4-5,10-13H,6-9H2,1-3H3;3-11H,1-2H3,(H2,19,21)(H2,20,22);3-13H,1-2H3;5-11H,1-4H3;3-8H,1-2H3,(H2,15,16);3-9H,1-2H3;4-8H,1-3H3. The Morgan fingerprint density at radius 3 is 0.803 bits per heavy atom. The third-order valence-electron chi connectivity index (χ3n) is 22.9. The third-order valence-corrected chi connectivity index (χ3v) is 24.1. The number of hydrogen-bond donors (Lipinski definition) is 3. The molecule has 0 aliphatic carbocycles. The molecule has 17 aromatic rings. The minimum absolute atomic E-state index is 0.390. The van der Waals surface area contributed by atoms with Crippen LogP contribution in [0.5, 0.6) is 0 Å². The zero-order valence-electron chi connectivity index (χ0n) is 80.9. The van der Waals surface area contributed by atoms with E-state index < -0.39 is 0 Å². The van der Waals surface area contributed by atoms with Gasteiger partial charge in [-0.15, -0.1) is 0 Å². The molecule has 137 heavy (non-hydrogen) atoms. The van der Waals surface area contributed by atoms with E-state index in [9.17, 15) is 0 Å². The second-order valence-electron chi connectivity index (χ2n) is 35.5. The van der Waals surface area contributed by atoms with Gasteiger partial charge in [0.1, 0.15) is 43.9 Å². The highest BCUT2D eigenvalue weighted by molar-refractivity contribution is 6.33. The molecule has 6 N–H and O–H groups in total. The molecule has 18 rings (SSSR count). The molecule has 0 unspecified atom stereocenters. The van der Waals surface area contributed by atoms with Crippen LogP contribution in [0.15, 0.2) is 270 Å². The molecule has 25 nitrogen and oxygen atoms in total. The number of rotatable bonds is 18. The number of nitrogen functional groups attached to an aromatic ring is 3. The molecule has 29 heteroatoms. The first-order valence-electron chi connectivity index (χ1n) is 45.6. The molecule has 17 aromatic heterocycles. The van der Waals surface area contributed by atoms with E-state index in [4.69, 9.17) is 63.6 Å². The first kappa shape index (κ1) is 102. The summed E-state index contributed by atoms with van der Waals surface area (Å²) >= 11 is 24.6. The van der Waals surface area contributed by atoms with E-state index in [1.807, 2.05) is 167 Å². The van der Waals surface area contributed by atoms with Crippen molar-refractivity contribution in [3.8, 4) is 112 Å². The van der Waals surface area contributed by atoms with Crippen LogP contribution in [-0.2, 0) is 21.1 Å². The number of pyridine rings is 14. The first-order chi connectivity index (χ1) is 65.7. The molecule has 0 amide bonds. The van der Waals surface area contributed by atoms with E-state index in [1.165, 1.54) is 33.4 Å². The molecule has 0 aromatic carbocycles. The fourth-order valence-electron chi connectivity index (χ4n) is 14.3. The number of hydrogen-bond acceptors (Lipinski definition) is 22. The van der Waals surface area contributed by atoms with E-state index in [0.29, 0.717) is 79.5 Å². The van der Waals surface area contributed by atoms with Crippen LogP contribution in [0.1, 0.15) is 177 Å². The summed E-state index contributed by atoms with van der Waals surface area (Å²) in [5.41, 5.74) is 45.0. The maximum absolute atomic E-state index is 6.29. The molecule has 704 valence electrons. The average molecular weight is 1910 g/mol. The van der Waals surface area contributed by atoms with Crippen LogP contribution in [0.4, 0.5) is 23.3 Å². The lowest BCUT2D eigenvalue weighted by atomic mass is 9.96. The van der Waals surface area contributed by atoms with Gasteiger partial charge >= 0.3 is 0 Å². The van der Waals surface area contributed by atoms with Crippen LogP contribution in [0.25, 0.3) is 112 Å². The van der Waals surface area contributed by atoms with E-state index in [0.717, 1.165) is 149 Å². The first-order valence-corrected chi connectivity index (χ1v) is 47.1. The average Bonchev–Trinajstić information content (AvgIpc) is 1.72. The lowest BCUT2D eigenvalue weighted by Gasteiger charge is -2.33. The number of halogens is 4. The predicted octanol–water partition coefficient (Wildman–Crippen LogP) is 25.2. The van der Waals surface area contributed by atoms with Gasteiger partial charge in [-0.2, -0.15) is 15.3 Å². The molecule has 0 spiro atoms. The molecule has 1 saturated heterocycles. The van der Waals surface area contributed by atoms with Crippen molar-refractivity contribution >= 4 is 69.7 Å². The van der Waals surface area contributed by atoms with Gasteiger partial charge in [-0.05, 0) is 203 Å². The SMILES string of the molecule is CC(C)c1cnc(-c2ccc(N)nc2)c(-c2ccc(N)nc2)c1.CC(C)c1cnc(-c2cccnc2)c(-c2cccnc2)c1.CC(C)c1cnc(-c2cnn(C)c2)c(-c2cnn(C)c2)c1.CC(C)c1cnc(Cl)c(-c2ccc(N)nc2)c1.CC(C)c1cnc(Cl)c(-c2ccc(N3CCN(C)CC3)nc2)c1.CC(C)c1cnc(Cl)c(-c2cccnc2)c1.CC(C)c1cnc(Cl)c(-c2cnn(C)c2)c1. The Bertz CT molecular complexity index is 6720. The Balaban J connectivity index is 0.000000144. The number of nitrogens with two attached hydrogens (primary N) is 3. The van der Waals surface area contributed by atoms with Gasteiger partial charge in [0, 0.05) is 266 Å². The third kappa shape index (κ3) is 28.1. The Morgan fingerprint density at radius 2 is 0.504 bits per heavy atom. The predicted molar refractivity (Wildman–Crippen MR) is 560 cm³/mol. The monoisotopic (exact) mass is 1910 g/mol. The number of likely N-dealkylation sites (N-methyl/N-ethyl adjacent to an activating group) is 1. The maximum Gasteiger partial charge on any atom is 0.136 e. The summed E-state index contributed by atoms with van der Waals surface area (Å²) in [5, 5.41) is 14.7. The van der Waals surface area contributed by atoms with E-state index in [1.54, 1.807) is 83.3 Å². The summed E-state index contributed by atoms with van der Waals surface area (Å²) in [6, 6.07) is 42.0. The maximum atomic E-state index is 6.29. The van der Waals surface area contributed by atoms with Crippen molar-refractivity contribution in [2.24, 2.45) is 21.1 Å². The summed E-state index contributed by atoms with van der Waals surface area (Å²) in [6.07, 6.45) is 42.5. The van der Waals surface area contributed by atoms with Crippen LogP contribution >= 0.6 is 46.4 Å². The van der Waals surface area contributed by atoms with Gasteiger partial charge in [0.25, 0.3) is 0 Å². The largest absolute Gasteiger partial charge is 0.384 e. The lowest BCUT2D eigenvalue weighted by Crippen LogP contribution is -2.44. The fourth-order valence-corrected chi connectivity index (χ4v) is 15.2. The Hall–Kier alpha value is -14.0. The van der Waals surface area contributed by atoms with Crippen LogP contribution in [0.3, 0.4) is 0 Å². The molecule has 1 aliphatic heterocycles. The molecule has 0 atom stereocenters. The second kappa shape index (κ2) is 48.5.